The van der Waals surface area contributed by atoms with Crippen LogP contribution in [0.2, 0.25) is 0 Å². The minimum absolute atomic E-state index is 0.0594. The van der Waals surface area contributed by atoms with E-state index in [4.69, 9.17) is 4.74 Å². The SMILES string of the molecule is CNCc1nc(COCC(C)(C)N(C)C)cs1. The van der Waals surface area contributed by atoms with Crippen molar-refractivity contribution >= 4 is 11.3 Å². The van der Waals surface area contributed by atoms with E-state index in [0.717, 1.165) is 17.2 Å². The highest BCUT2D eigenvalue weighted by molar-refractivity contribution is 7.09. The second-order valence-electron chi connectivity index (χ2n) is 4.96. The number of likely N-dealkylation sites (N-methyl/N-ethyl adjacent to an activating group) is 1. The van der Waals surface area contributed by atoms with Crippen LogP contribution in [0.4, 0.5) is 0 Å². The van der Waals surface area contributed by atoms with E-state index in [0.29, 0.717) is 13.2 Å². The van der Waals surface area contributed by atoms with Crippen LogP contribution >= 0.6 is 11.3 Å². The molecule has 0 saturated carbocycles. The van der Waals surface area contributed by atoms with Gasteiger partial charge in [-0.2, -0.15) is 0 Å². The third kappa shape index (κ3) is 4.71. The monoisotopic (exact) mass is 257 g/mol. The summed E-state index contributed by atoms with van der Waals surface area (Å²) in [5, 5.41) is 6.27. The molecule has 17 heavy (non-hydrogen) atoms. The molecule has 98 valence electrons. The van der Waals surface area contributed by atoms with E-state index >= 15 is 0 Å². The molecular formula is C12H23N3OS. The first-order valence-corrected chi connectivity index (χ1v) is 6.66. The van der Waals surface area contributed by atoms with Gasteiger partial charge in [0.05, 0.1) is 18.9 Å². The van der Waals surface area contributed by atoms with Gasteiger partial charge in [-0.3, -0.25) is 0 Å². The van der Waals surface area contributed by atoms with Crippen molar-refractivity contribution in [3.8, 4) is 0 Å². The Bertz CT molecular complexity index is 336. The number of ether oxygens (including phenoxy) is 1. The second-order valence-corrected chi connectivity index (χ2v) is 5.91. The van der Waals surface area contributed by atoms with Gasteiger partial charge in [0.25, 0.3) is 0 Å². The fourth-order valence-corrected chi connectivity index (χ4v) is 1.97. The van der Waals surface area contributed by atoms with Gasteiger partial charge in [0.1, 0.15) is 5.01 Å². The van der Waals surface area contributed by atoms with Crippen LogP contribution in [0.25, 0.3) is 0 Å². The molecule has 4 nitrogen and oxygen atoms in total. The van der Waals surface area contributed by atoms with E-state index < -0.39 is 0 Å². The Morgan fingerprint density at radius 3 is 2.76 bits per heavy atom. The van der Waals surface area contributed by atoms with E-state index in [9.17, 15) is 0 Å². The fourth-order valence-electron chi connectivity index (χ4n) is 1.18. The Morgan fingerprint density at radius 2 is 2.18 bits per heavy atom. The predicted octanol–water partition coefficient (Wildman–Crippen LogP) is 1.72. The van der Waals surface area contributed by atoms with E-state index in [2.05, 4.69) is 48.5 Å². The van der Waals surface area contributed by atoms with Gasteiger partial charge in [0.2, 0.25) is 0 Å². The molecule has 1 N–H and O–H groups in total. The van der Waals surface area contributed by atoms with E-state index in [1.165, 1.54) is 0 Å². The minimum Gasteiger partial charge on any atom is -0.373 e. The predicted molar refractivity (Wildman–Crippen MR) is 72.3 cm³/mol. The molecule has 5 heteroatoms. The molecule has 0 radical (unpaired) electrons. The van der Waals surface area contributed by atoms with Crippen molar-refractivity contribution in [2.24, 2.45) is 0 Å². The topological polar surface area (TPSA) is 37.4 Å². The Kier molecular flexibility index (Phi) is 5.52. The van der Waals surface area contributed by atoms with Gasteiger partial charge in [0, 0.05) is 17.5 Å². The lowest BCUT2D eigenvalue weighted by Crippen LogP contribution is -2.42. The lowest BCUT2D eigenvalue weighted by molar-refractivity contribution is 0.0263. The molecule has 1 aromatic rings. The maximum atomic E-state index is 5.72. The van der Waals surface area contributed by atoms with Gasteiger partial charge in [-0.05, 0) is 35.0 Å². The maximum absolute atomic E-state index is 5.72. The molecule has 0 saturated heterocycles. The van der Waals surface area contributed by atoms with Crippen molar-refractivity contribution in [2.75, 3.05) is 27.7 Å². The first kappa shape index (κ1) is 14.6. The molecule has 0 aliphatic rings. The quantitative estimate of drug-likeness (QED) is 0.807. The van der Waals surface area contributed by atoms with Crippen molar-refractivity contribution in [2.45, 2.75) is 32.5 Å². The molecule has 0 amide bonds. The van der Waals surface area contributed by atoms with Crippen LogP contribution in [0.15, 0.2) is 5.38 Å². The lowest BCUT2D eigenvalue weighted by atomic mass is 10.1. The smallest absolute Gasteiger partial charge is 0.107 e. The summed E-state index contributed by atoms with van der Waals surface area (Å²) >= 11 is 1.67. The summed E-state index contributed by atoms with van der Waals surface area (Å²) in [4.78, 5) is 6.65. The average Bonchev–Trinajstić information content (AvgIpc) is 2.66. The first-order chi connectivity index (χ1) is 7.95. The zero-order valence-corrected chi connectivity index (χ0v) is 12.2. The lowest BCUT2D eigenvalue weighted by Gasteiger charge is -2.31. The van der Waals surface area contributed by atoms with Gasteiger partial charge in [-0.25, -0.2) is 4.98 Å². The highest BCUT2D eigenvalue weighted by atomic mass is 32.1. The molecule has 0 bridgehead atoms. The van der Waals surface area contributed by atoms with Crippen molar-refractivity contribution < 1.29 is 4.74 Å². The minimum atomic E-state index is 0.0594. The van der Waals surface area contributed by atoms with Crippen LogP contribution in [-0.4, -0.2) is 43.2 Å². The van der Waals surface area contributed by atoms with Gasteiger partial charge < -0.3 is 15.0 Å². The van der Waals surface area contributed by atoms with E-state index in [1.54, 1.807) is 11.3 Å². The summed E-state index contributed by atoms with van der Waals surface area (Å²) < 4.78 is 5.72. The number of nitrogens with zero attached hydrogens (tertiary/aromatic N) is 2. The Morgan fingerprint density at radius 1 is 1.47 bits per heavy atom. The third-order valence-electron chi connectivity index (χ3n) is 2.84. The number of hydrogen-bond acceptors (Lipinski definition) is 5. The number of thiazole rings is 1. The highest BCUT2D eigenvalue weighted by Gasteiger charge is 2.20. The summed E-state index contributed by atoms with van der Waals surface area (Å²) in [5.41, 5.74) is 1.08. The number of aromatic nitrogens is 1. The van der Waals surface area contributed by atoms with Crippen LogP contribution in [0, 0.1) is 0 Å². The normalized spacial score (nSPS) is 12.4. The van der Waals surface area contributed by atoms with Crippen LogP contribution in [0.1, 0.15) is 24.5 Å². The van der Waals surface area contributed by atoms with E-state index in [-0.39, 0.29) is 5.54 Å². The number of nitrogens with one attached hydrogen (secondary N) is 1. The Labute approximate surface area is 108 Å². The molecule has 0 spiro atoms. The molecule has 1 aromatic heterocycles. The molecule has 0 atom stereocenters. The van der Waals surface area contributed by atoms with Crippen molar-refractivity contribution in [3.63, 3.8) is 0 Å². The van der Waals surface area contributed by atoms with E-state index in [1.807, 2.05) is 7.05 Å². The molecule has 0 fully saturated rings. The van der Waals surface area contributed by atoms with Gasteiger partial charge in [-0.15, -0.1) is 11.3 Å². The van der Waals surface area contributed by atoms with Crippen molar-refractivity contribution in [1.29, 1.82) is 0 Å². The van der Waals surface area contributed by atoms with Crippen LogP contribution in [0.3, 0.4) is 0 Å². The number of rotatable bonds is 7. The Hall–Kier alpha value is -0.490. The van der Waals surface area contributed by atoms with Crippen LogP contribution < -0.4 is 5.32 Å². The molecule has 0 unspecified atom stereocenters. The molecule has 0 aliphatic heterocycles. The molecule has 1 heterocycles. The summed E-state index contributed by atoms with van der Waals surface area (Å²) in [6, 6.07) is 0. The molecule has 0 aromatic carbocycles. The summed E-state index contributed by atoms with van der Waals surface area (Å²) in [6.45, 7) is 6.46. The largest absolute Gasteiger partial charge is 0.373 e. The highest BCUT2D eigenvalue weighted by Crippen LogP contribution is 2.13. The van der Waals surface area contributed by atoms with Crippen LogP contribution in [-0.2, 0) is 17.9 Å². The van der Waals surface area contributed by atoms with Gasteiger partial charge in [-0.1, -0.05) is 0 Å². The van der Waals surface area contributed by atoms with Crippen molar-refractivity contribution in [3.05, 3.63) is 16.1 Å². The van der Waals surface area contributed by atoms with Crippen LogP contribution in [0.5, 0.6) is 0 Å². The summed E-state index contributed by atoms with van der Waals surface area (Å²) in [6.07, 6.45) is 0. The molecule has 1 rings (SSSR count). The van der Waals surface area contributed by atoms with Crippen molar-refractivity contribution in [1.82, 2.24) is 15.2 Å². The fraction of sp³-hybridized carbons (Fsp3) is 0.750. The Balaban J connectivity index is 2.35. The maximum Gasteiger partial charge on any atom is 0.107 e. The zero-order valence-electron chi connectivity index (χ0n) is 11.4. The zero-order chi connectivity index (χ0) is 12.9. The summed E-state index contributed by atoms with van der Waals surface area (Å²) in [7, 11) is 6.06. The molecular weight excluding hydrogens is 234 g/mol. The second kappa shape index (κ2) is 6.44. The average molecular weight is 257 g/mol. The molecule has 0 aliphatic carbocycles. The van der Waals surface area contributed by atoms with Gasteiger partial charge >= 0.3 is 0 Å². The number of hydrogen-bond donors (Lipinski definition) is 1. The standard InChI is InChI=1S/C12H23N3OS/c1-12(2,15(4)5)9-16-7-10-8-17-11(14-10)6-13-3/h8,13H,6-7,9H2,1-5H3. The third-order valence-corrected chi connectivity index (χ3v) is 3.74. The summed E-state index contributed by atoms with van der Waals surface area (Å²) in [5.74, 6) is 0. The van der Waals surface area contributed by atoms with Gasteiger partial charge in [0.15, 0.2) is 0 Å². The first-order valence-electron chi connectivity index (χ1n) is 5.79.